The highest BCUT2D eigenvalue weighted by Crippen LogP contribution is 2.29. The van der Waals surface area contributed by atoms with Crippen LogP contribution in [0.1, 0.15) is 5.56 Å². The minimum atomic E-state index is 0.0209. The molecular formula is C12H9ClN4O2. The lowest BCUT2D eigenvalue weighted by molar-refractivity contribution is 0.407. The van der Waals surface area contributed by atoms with E-state index in [0.29, 0.717) is 17.1 Å². The second-order valence-corrected chi connectivity index (χ2v) is 3.85. The lowest BCUT2D eigenvalue weighted by Gasteiger charge is -2.09. The van der Waals surface area contributed by atoms with Gasteiger partial charge in [0.2, 0.25) is 11.2 Å². The molecule has 0 fully saturated rings. The van der Waals surface area contributed by atoms with Gasteiger partial charge in [0.15, 0.2) is 0 Å². The van der Waals surface area contributed by atoms with Crippen LogP contribution in [0.3, 0.4) is 0 Å². The number of hydrogen-bond acceptors (Lipinski definition) is 6. The zero-order chi connectivity index (χ0) is 13.8. The highest BCUT2D eigenvalue weighted by atomic mass is 35.5. The molecule has 0 saturated carbocycles. The van der Waals surface area contributed by atoms with Gasteiger partial charge in [-0.25, -0.2) is 4.98 Å². The number of ether oxygens (including phenoxy) is 2. The molecule has 0 atom stereocenters. The molecule has 2 rings (SSSR count). The molecule has 0 amide bonds. The van der Waals surface area contributed by atoms with Gasteiger partial charge in [0.25, 0.3) is 0 Å². The van der Waals surface area contributed by atoms with Crippen molar-refractivity contribution in [3.63, 3.8) is 0 Å². The maximum Gasteiger partial charge on any atom is 0.247 e. The average molecular weight is 277 g/mol. The summed E-state index contributed by atoms with van der Waals surface area (Å²) in [5, 5.41) is 8.94. The molecular weight excluding hydrogens is 268 g/mol. The van der Waals surface area contributed by atoms with Gasteiger partial charge in [-0.2, -0.15) is 10.2 Å². The summed E-state index contributed by atoms with van der Waals surface area (Å²) in [6, 6.07) is 6.74. The number of nitrogens with zero attached hydrogens (tertiary/aromatic N) is 3. The van der Waals surface area contributed by atoms with Gasteiger partial charge in [-0.1, -0.05) is 0 Å². The average Bonchev–Trinajstić information content (AvgIpc) is 2.42. The molecule has 7 heteroatoms. The summed E-state index contributed by atoms with van der Waals surface area (Å²) in [7, 11) is 1.50. The fraction of sp³-hybridized carbons (Fsp3) is 0.0833. The largest absolute Gasteiger partial charge is 0.497 e. The number of halogens is 1. The van der Waals surface area contributed by atoms with Crippen LogP contribution in [0.15, 0.2) is 24.4 Å². The fourth-order valence-corrected chi connectivity index (χ4v) is 1.49. The summed E-state index contributed by atoms with van der Waals surface area (Å²) >= 11 is 5.67. The molecule has 0 aliphatic heterocycles. The molecule has 6 nitrogen and oxygen atoms in total. The van der Waals surface area contributed by atoms with Crippen molar-refractivity contribution in [2.75, 3.05) is 12.8 Å². The van der Waals surface area contributed by atoms with Gasteiger partial charge in [0, 0.05) is 6.07 Å². The summed E-state index contributed by atoms with van der Waals surface area (Å²) < 4.78 is 10.6. The maximum atomic E-state index is 8.91. The van der Waals surface area contributed by atoms with E-state index in [9.17, 15) is 0 Å². The van der Waals surface area contributed by atoms with Gasteiger partial charge < -0.3 is 15.2 Å². The Hall–Kier alpha value is -2.52. The van der Waals surface area contributed by atoms with E-state index in [0.717, 1.165) is 0 Å². The van der Waals surface area contributed by atoms with Crippen LogP contribution in [0.4, 0.5) is 5.69 Å². The number of nitrogens with two attached hydrogens (primary N) is 1. The molecule has 2 N–H and O–H groups in total. The second kappa shape index (κ2) is 5.42. The molecule has 0 spiro atoms. The quantitative estimate of drug-likeness (QED) is 0.865. The van der Waals surface area contributed by atoms with Crippen LogP contribution in [-0.2, 0) is 0 Å². The van der Waals surface area contributed by atoms with E-state index in [1.807, 2.05) is 6.07 Å². The van der Waals surface area contributed by atoms with E-state index in [2.05, 4.69) is 9.97 Å². The number of aromatic nitrogens is 2. The first kappa shape index (κ1) is 12.9. The Morgan fingerprint density at radius 3 is 2.74 bits per heavy atom. The Bertz CT molecular complexity index is 655. The van der Waals surface area contributed by atoms with Crippen molar-refractivity contribution in [2.45, 2.75) is 0 Å². The van der Waals surface area contributed by atoms with Crippen LogP contribution < -0.4 is 15.2 Å². The first-order valence-electron chi connectivity index (χ1n) is 5.17. The minimum absolute atomic E-state index is 0.0209. The number of nitriles is 1. The number of methoxy groups -OCH3 is 1. The lowest BCUT2D eigenvalue weighted by Crippen LogP contribution is -1.97. The third kappa shape index (κ3) is 3.03. The summed E-state index contributed by atoms with van der Waals surface area (Å²) in [5.74, 6) is 0.988. The van der Waals surface area contributed by atoms with Gasteiger partial charge in [0.1, 0.15) is 17.2 Å². The Morgan fingerprint density at radius 2 is 2.05 bits per heavy atom. The Balaban J connectivity index is 2.38. The molecule has 2 aromatic rings. The second-order valence-electron chi connectivity index (χ2n) is 3.51. The zero-order valence-electron chi connectivity index (χ0n) is 9.92. The van der Waals surface area contributed by atoms with Crippen molar-refractivity contribution < 1.29 is 9.47 Å². The normalized spacial score (nSPS) is 9.74. The molecule has 0 aliphatic carbocycles. The Kier molecular flexibility index (Phi) is 3.68. The molecule has 1 aromatic heterocycles. The van der Waals surface area contributed by atoms with Crippen molar-refractivity contribution in [2.24, 2.45) is 0 Å². The standard InChI is InChI=1S/C12H9ClN4O2/c1-18-8-2-7(5-14)3-9(4-8)19-11-10(15)6-16-12(13)17-11/h2-4,6H,15H2,1H3. The number of hydrogen-bond donors (Lipinski definition) is 1. The van der Waals surface area contributed by atoms with Crippen molar-refractivity contribution >= 4 is 17.3 Å². The van der Waals surface area contributed by atoms with Crippen LogP contribution in [0.2, 0.25) is 5.28 Å². The predicted molar refractivity (Wildman–Crippen MR) is 69.2 cm³/mol. The molecule has 1 aromatic carbocycles. The van der Waals surface area contributed by atoms with E-state index in [-0.39, 0.29) is 16.9 Å². The van der Waals surface area contributed by atoms with Gasteiger partial charge in [-0.05, 0) is 23.7 Å². The highest BCUT2D eigenvalue weighted by Gasteiger charge is 2.08. The van der Waals surface area contributed by atoms with Crippen molar-refractivity contribution in [3.05, 3.63) is 35.2 Å². The third-order valence-electron chi connectivity index (χ3n) is 2.21. The SMILES string of the molecule is COc1cc(C#N)cc(Oc2nc(Cl)ncc2N)c1. The van der Waals surface area contributed by atoms with Crippen LogP contribution in [0, 0.1) is 11.3 Å². The van der Waals surface area contributed by atoms with Crippen molar-refractivity contribution in [1.29, 1.82) is 5.26 Å². The molecule has 0 radical (unpaired) electrons. The number of anilines is 1. The smallest absolute Gasteiger partial charge is 0.247 e. The van der Waals surface area contributed by atoms with E-state index in [4.69, 9.17) is 32.1 Å². The number of nitrogen functional groups attached to an aromatic ring is 1. The predicted octanol–water partition coefficient (Wildman–Crippen LogP) is 2.38. The van der Waals surface area contributed by atoms with Crippen LogP contribution in [-0.4, -0.2) is 17.1 Å². The number of rotatable bonds is 3. The monoisotopic (exact) mass is 276 g/mol. The first-order chi connectivity index (χ1) is 9.12. The van der Waals surface area contributed by atoms with Crippen LogP contribution in [0.25, 0.3) is 0 Å². The minimum Gasteiger partial charge on any atom is -0.497 e. The topological polar surface area (TPSA) is 94.0 Å². The fourth-order valence-electron chi connectivity index (χ4n) is 1.36. The summed E-state index contributed by atoms with van der Waals surface area (Å²) in [6.45, 7) is 0. The Morgan fingerprint density at radius 1 is 1.32 bits per heavy atom. The van der Waals surface area contributed by atoms with Gasteiger partial charge >= 0.3 is 0 Å². The molecule has 0 saturated heterocycles. The summed E-state index contributed by atoms with van der Waals surface area (Å²) in [4.78, 5) is 7.58. The van der Waals surface area contributed by atoms with Crippen LogP contribution in [0.5, 0.6) is 17.4 Å². The summed E-state index contributed by atoms with van der Waals surface area (Å²) in [6.07, 6.45) is 1.34. The molecule has 96 valence electrons. The van der Waals surface area contributed by atoms with E-state index >= 15 is 0 Å². The molecule has 0 unspecified atom stereocenters. The molecule has 0 bridgehead atoms. The first-order valence-corrected chi connectivity index (χ1v) is 5.55. The highest BCUT2D eigenvalue weighted by molar-refractivity contribution is 6.28. The Labute approximate surface area is 114 Å². The molecule has 19 heavy (non-hydrogen) atoms. The van der Waals surface area contributed by atoms with Crippen molar-refractivity contribution in [1.82, 2.24) is 9.97 Å². The molecule has 0 aliphatic rings. The van der Waals surface area contributed by atoms with Gasteiger partial charge in [-0.15, -0.1) is 0 Å². The van der Waals surface area contributed by atoms with E-state index < -0.39 is 0 Å². The van der Waals surface area contributed by atoms with Crippen molar-refractivity contribution in [3.8, 4) is 23.4 Å². The van der Waals surface area contributed by atoms with E-state index in [1.165, 1.54) is 19.4 Å². The van der Waals surface area contributed by atoms with Gasteiger partial charge in [0.05, 0.1) is 24.9 Å². The van der Waals surface area contributed by atoms with Gasteiger partial charge in [-0.3, -0.25) is 0 Å². The van der Waals surface area contributed by atoms with E-state index in [1.54, 1.807) is 12.1 Å². The van der Waals surface area contributed by atoms with Crippen LogP contribution >= 0.6 is 11.6 Å². The lowest BCUT2D eigenvalue weighted by atomic mass is 10.2. The number of benzene rings is 1. The summed E-state index contributed by atoms with van der Waals surface area (Å²) in [5.41, 5.74) is 6.31. The molecule has 1 heterocycles. The zero-order valence-corrected chi connectivity index (χ0v) is 10.7. The third-order valence-corrected chi connectivity index (χ3v) is 2.39. The maximum absolute atomic E-state index is 8.91.